The molecule has 1 fully saturated rings. The maximum atomic E-state index is 2.68. The van der Waals surface area contributed by atoms with Gasteiger partial charge in [-0.25, -0.2) is 0 Å². The Morgan fingerprint density at radius 3 is 2.36 bits per heavy atom. The van der Waals surface area contributed by atoms with Gasteiger partial charge in [0.2, 0.25) is 0 Å². The summed E-state index contributed by atoms with van der Waals surface area (Å²) < 4.78 is 0. The molecule has 2 nitrogen and oxygen atoms in total. The molecule has 1 atom stereocenters. The zero-order chi connectivity index (χ0) is 15.5. The lowest BCUT2D eigenvalue weighted by Crippen LogP contribution is -2.46. The number of nitrogens with zero attached hydrogens (tertiary/aromatic N) is 2. The fraction of sp³-hybridized carbons (Fsp3) is 0.500. The SMILES string of the molecule is C/C=C1/CCc2ccccc2C(N2CCN(C)CC2)/C1=C/C. The number of benzene rings is 1. The first kappa shape index (κ1) is 15.5. The molecule has 0 spiro atoms. The number of fused-ring (bicyclic) bond motifs is 1. The van der Waals surface area contributed by atoms with Crippen molar-refractivity contribution in [3.8, 4) is 0 Å². The summed E-state index contributed by atoms with van der Waals surface area (Å²) in [5.74, 6) is 0. The van der Waals surface area contributed by atoms with E-state index in [4.69, 9.17) is 0 Å². The largest absolute Gasteiger partial charge is 0.304 e. The van der Waals surface area contributed by atoms with Crippen molar-refractivity contribution >= 4 is 0 Å². The average molecular weight is 296 g/mol. The lowest BCUT2D eigenvalue weighted by atomic mass is 9.91. The van der Waals surface area contributed by atoms with Crippen molar-refractivity contribution < 1.29 is 0 Å². The van der Waals surface area contributed by atoms with Gasteiger partial charge in [0.1, 0.15) is 0 Å². The normalized spacial score (nSPS) is 27.9. The molecule has 1 aliphatic heterocycles. The Labute approximate surface area is 135 Å². The van der Waals surface area contributed by atoms with Crippen molar-refractivity contribution in [3.05, 3.63) is 58.7 Å². The predicted molar refractivity (Wildman–Crippen MR) is 94.1 cm³/mol. The number of hydrogen-bond donors (Lipinski definition) is 0. The summed E-state index contributed by atoms with van der Waals surface area (Å²) in [6.07, 6.45) is 7.00. The highest BCUT2D eigenvalue weighted by molar-refractivity contribution is 5.46. The summed E-state index contributed by atoms with van der Waals surface area (Å²) in [5, 5.41) is 0. The molecule has 3 rings (SSSR count). The van der Waals surface area contributed by atoms with E-state index < -0.39 is 0 Å². The molecule has 1 aromatic rings. The van der Waals surface area contributed by atoms with Gasteiger partial charge in [-0.1, -0.05) is 36.4 Å². The number of aryl methyl sites for hydroxylation is 1. The molecule has 0 saturated carbocycles. The Bertz CT molecular complexity index is 577. The summed E-state index contributed by atoms with van der Waals surface area (Å²) in [6.45, 7) is 9.04. The van der Waals surface area contributed by atoms with Crippen LogP contribution < -0.4 is 0 Å². The van der Waals surface area contributed by atoms with Crippen LogP contribution in [0.3, 0.4) is 0 Å². The van der Waals surface area contributed by atoms with Crippen LogP contribution >= 0.6 is 0 Å². The van der Waals surface area contributed by atoms with E-state index in [-0.39, 0.29) is 0 Å². The number of hydrogen-bond acceptors (Lipinski definition) is 2. The van der Waals surface area contributed by atoms with E-state index in [0.717, 1.165) is 25.9 Å². The van der Waals surface area contributed by atoms with Gasteiger partial charge in [0.05, 0.1) is 6.04 Å². The molecule has 1 aromatic carbocycles. The van der Waals surface area contributed by atoms with E-state index in [0.29, 0.717) is 6.04 Å². The molecule has 1 saturated heterocycles. The van der Waals surface area contributed by atoms with Gasteiger partial charge in [0.15, 0.2) is 0 Å². The monoisotopic (exact) mass is 296 g/mol. The lowest BCUT2D eigenvalue weighted by Gasteiger charge is -2.39. The Morgan fingerprint density at radius 2 is 1.68 bits per heavy atom. The smallest absolute Gasteiger partial charge is 0.0604 e. The fourth-order valence-electron chi connectivity index (χ4n) is 3.91. The maximum absolute atomic E-state index is 2.68. The highest BCUT2D eigenvalue weighted by atomic mass is 15.3. The molecule has 0 bridgehead atoms. The zero-order valence-electron chi connectivity index (χ0n) is 14.2. The summed E-state index contributed by atoms with van der Waals surface area (Å²) in [6, 6.07) is 9.50. The number of rotatable bonds is 1. The van der Waals surface area contributed by atoms with E-state index in [1.165, 1.54) is 35.4 Å². The quantitative estimate of drug-likeness (QED) is 0.727. The molecule has 1 heterocycles. The molecule has 0 amide bonds. The van der Waals surface area contributed by atoms with Crippen LogP contribution in [0.1, 0.15) is 37.4 Å². The second kappa shape index (κ2) is 6.80. The first-order valence-electron chi connectivity index (χ1n) is 8.56. The van der Waals surface area contributed by atoms with Gasteiger partial charge in [0, 0.05) is 26.2 Å². The third-order valence-corrected chi connectivity index (χ3v) is 5.24. The number of piperazine rings is 1. The topological polar surface area (TPSA) is 6.48 Å². The minimum atomic E-state index is 0.434. The van der Waals surface area contributed by atoms with Gasteiger partial charge in [-0.05, 0) is 56.0 Å². The van der Waals surface area contributed by atoms with Gasteiger partial charge in [-0.3, -0.25) is 4.90 Å². The second-order valence-corrected chi connectivity index (χ2v) is 6.50. The van der Waals surface area contributed by atoms with E-state index in [1.807, 2.05) is 0 Å². The third kappa shape index (κ3) is 2.90. The molecule has 0 radical (unpaired) electrons. The van der Waals surface area contributed by atoms with Crippen LogP contribution in [-0.4, -0.2) is 43.0 Å². The minimum Gasteiger partial charge on any atom is -0.304 e. The second-order valence-electron chi connectivity index (χ2n) is 6.50. The molecule has 0 N–H and O–H groups in total. The van der Waals surface area contributed by atoms with Crippen molar-refractivity contribution in [1.29, 1.82) is 0 Å². The van der Waals surface area contributed by atoms with Gasteiger partial charge in [0.25, 0.3) is 0 Å². The summed E-state index contributed by atoms with van der Waals surface area (Å²) in [7, 11) is 2.23. The predicted octanol–water partition coefficient (Wildman–Crippen LogP) is 3.81. The first-order valence-corrected chi connectivity index (χ1v) is 8.56. The van der Waals surface area contributed by atoms with Crippen LogP contribution in [-0.2, 0) is 6.42 Å². The van der Waals surface area contributed by atoms with Crippen molar-refractivity contribution in [1.82, 2.24) is 9.80 Å². The van der Waals surface area contributed by atoms with Gasteiger partial charge in [-0.15, -0.1) is 0 Å². The van der Waals surface area contributed by atoms with E-state index >= 15 is 0 Å². The molecular weight excluding hydrogens is 268 g/mol. The molecule has 118 valence electrons. The van der Waals surface area contributed by atoms with Crippen molar-refractivity contribution in [2.24, 2.45) is 0 Å². The third-order valence-electron chi connectivity index (χ3n) is 5.24. The van der Waals surface area contributed by atoms with E-state index in [1.54, 1.807) is 0 Å². The minimum absolute atomic E-state index is 0.434. The van der Waals surface area contributed by atoms with Crippen LogP contribution in [0.4, 0.5) is 0 Å². The highest BCUT2D eigenvalue weighted by Crippen LogP contribution is 2.40. The number of likely N-dealkylation sites (N-methyl/N-ethyl adjacent to an activating group) is 1. The molecule has 2 heteroatoms. The summed E-state index contributed by atoms with van der Waals surface area (Å²) in [4.78, 5) is 5.12. The van der Waals surface area contributed by atoms with E-state index in [9.17, 15) is 0 Å². The van der Waals surface area contributed by atoms with Crippen LogP contribution in [0, 0.1) is 0 Å². The molecule has 0 aromatic heterocycles. The van der Waals surface area contributed by atoms with Gasteiger partial charge >= 0.3 is 0 Å². The Kier molecular flexibility index (Phi) is 4.80. The zero-order valence-corrected chi connectivity index (χ0v) is 14.2. The summed E-state index contributed by atoms with van der Waals surface area (Å²) in [5.41, 5.74) is 6.11. The average Bonchev–Trinajstić information content (AvgIpc) is 2.72. The van der Waals surface area contributed by atoms with E-state index in [2.05, 4.69) is 67.1 Å². The first-order chi connectivity index (χ1) is 10.7. The van der Waals surface area contributed by atoms with Crippen molar-refractivity contribution in [3.63, 3.8) is 0 Å². The van der Waals surface area contributed by atoms with Crippen molar-refractivity contribution in [2.45, 2.75) is 32.7 Å². The maximum Gasteiger partial charge on any atom is 0.0604 e. The Balaban J connectivity index is 2.04. The Hall–Kier alpha value is -1.38. The molecule has 1 aliphatic carbocycles. The van der Waals surface area contributed by atoms with Gasteiger partial charge < -0.3 is 4.90 Å². The van der Waals surface area contributed by atoms with Gasteiger partial charge in [-0.2, -0.15) is 0 Å². The summed E-state index contributed by atoms with van der Waals surface area (Å²) >= 11 is 0. The van der Waals surface area contributed by atoms with Crippen LogP contribution in [0.25, 0.3) is 0 Å². The van der Waals surface area contributed by atoms with Crippen LogP contribution in [0.2, 0.25) is 0 Å². The number of allylic oxidation sites excluding steroid dienone is 2. The Morgan fingerprint density at radius 1 is 0.955 bits per heavy atom. The fourth-order valence-corrected chi connectivity index (χ4v) is 3.91. The van der Waals surface area contributed by atoms with Crippen LogP contribution in [0.5, 0.6) is 0 Å². The lowest BCUT2D eigenvalue weighted by molar-refractivity contribution is 0.126. The highest BCUT2D eigenvalue weighted by Gasteiger charge is 2.31. The molecule has 1 unspecified atom stereocenters. The molecule has 2 aliphatic rings. The molecule has 22 heavy (non-hydrogen) atoms. The van der Waals surface area contributed by atoms with Crippen LogP contribution in [0.15, 0.2) is 47.6 Å². The molecular formula is C20H28N2. The van der Waals surface area contributed by atoms with Crippen molar-refractivity contribution in [2.75, 3.05) is 33.2 Å². The standard InChI is InChI=1S/C20H28N2/c1-4-16-10-11-17-8-6-7-9-19(17)20(18(16)5-2)22-14-12-21(3)13-15-22/h4-9,20H,10-15H2,1-3H3/b16-4-,18-5+.